The predicted molar refractivity (Wildman–Crippen MR) is 43.8 cm³/mol. The zero-order valence-electron chi connectivity index (χ0n) is 6.77. The molecule has 72 valence electrons. The van der Waals surface area contributed by atoms with Crippen molar-refractivity contribution in [2.24, 2.45) is 0 Å². The first-order valence-electron chi connectivity index (χ1n) is 3.43. The maximum absolute atomic E-state index is 12.8. The van der Waals surface area contributed by atoms with Crippen LogP contribution in [0.4, 0.5) is 8.78 Å². The van der Waals surface area contributed by atoms with Crippen molar-refractivity contribution in [1.29, 1.82) is 0 Å². The third-order valence-corrected chi connectivity index (χ3v) is 1.91. The van der Waals surface area contributed by atoms with Gasteiger partial charge in [0.25, 0.3) is 0 Å². The van der Waals surface area contributed by atoms with Crippen molar-refractivity contribution in [2.45, 2.75) is 6.61 Å². The van der Waals surface area contributed by atoms with Crippen molar-refractivity contribution < 1.29 is 18.6 Å². The third-order valence-electron chi connectivity index (χ3n) is 1.57. The van der Waals surface area contributed by atoms with Gasteiger partial charge in [-0.05, 0) is 6.07 Å². The lowest BCUT2D eigenvalue weighted by molar-refractivity contribution is 0.272. The van der Waals surface area contributed by atoms with Crippen LogP contribution in [0.3, 0.4) is 0 Å². The SMILES string of the molecule is COc1c(CO)cc(F)c(F)c1Cl. The van der Waals surface area contributed by atoms with E-state index in [0.717, 1.165) is 6.07 Å². The molecule has 0 aliphatic rings. The van der Waals surface area contributed by atoms with Gasteiger partial charge in [0.15, 0.2) is 11.6 Å². The molecule has 1 aromatic rings. The Balaban J connectivity index is 3.39. The van der Waals surface area contributed by atoms with E-state index in [-0.39, 0.29) is 11.3 Å². The molecular formula is C8H7ClF2O2. The van der Waals surface area contributed by atoms with Crippen LogP contribution in [0.1, 0.15) is 5.56 Å². The topological polar surface area (TPSA) is 29.5 Å². The van der Waals surface area contributed by atoms with E-state index >= 15 is 0 Å². The highest BCUT2D eigenvalue weighted by molar-refractivity contribution is 6.32. The highest BCUT2D eigenvalue weighted by atomic mass is 35.5. The van der Waals surface area contributed by atoms with E-state index in [4.69, 9.17) is 21.4 Å². The lowest BCUT2D eigenvalue weighted by Crippen LogP contribution is -1.97. The van der Waals surface area contributed by atoms with Gasteiger partial charge in [0, 0.05) is 5.56 Å². The Labute approximate surface area is 78.7 Å². The molecule has 0 saturated carbocycles. The summed E-state index contributed by atoms with van der Waals surface area (Å²) < 4.78 is 30.2. The standard InChI is InChI=1S/C8H7ClF2O2/c1-13-8-4(3-12)2-5(10)7(11)6(8)9/h2,12H,3H2,1H3. The zero-order chi connectivity index (χ0) is 10.0. The number of rotatable bonds is 2. The summed E-state index contributed by atoms with van der Waals surface area (Å²) in [7, 11) is 1.26. The van der Waals surface area contributed by atoms with E-state index in [1.165, 1.54) is 7.11 Å². The number of hydrogen-bond donors (Lipinski definition) is 1. The largest absolute Gasteiger partial charge is 0.495 e. The Hall–Kier alpha value is -0.870. The summed E-state index contributed by atoms with van der Waals surface area (Å²) in [5.41, 5.74) is 0.117. The molecule has 0 aliphatic heterocycles. The Kier molecular flexibility index (Phi) is 3.06. The number of halogens is 3. The minimum absolute atomic E-state index is 0.0388. The smallest absolute Gasteiger partial charge is 0.181 e. The van der Waals surface area contributed by atoms with Gasteiger partial charge in [0.2, 0.25) is 0 Å². The molecule has 0 heterocycles. The molecule has 13 heavy (non-hydrogen) atoms. The second kappa shape index (κ2) is 3.89. The molecule has 0 aliphatic carbocycles. The molecule has 1 aromatic carbocycles. The van der Waals surface area contributed by atoms with Crippen LogP contribution in [-0.2, 0) is 6.61 Å². The average Bonchev–Trinajstić information content (AvgIpc) is 2.13. The first-order valence-corrected chi connectivity index (χ1v) is 3.80. The molecule has 0 spiro atoms. The Bertz CT molecular complexity index is 328. The molecule has 0 radical (unpaired) electrons. The van der Waals surface area contributed by atoms with Gasteiger partial charge in [-0.1, -0.05) is 11.6 Å². The Morgan fingerprint density at radius 1 is 1.54 bits per heavy atom. The number of methoxy groups -OCH3 is 1. The summed E-state index contributed by atoms with van der Waals surface area (Å²) >= 11 is 5.43. The fourth-order valence-corrected chi connectivity index (χ4v) is 1.25. The average molecular weight is 209 g/mol. The highest BCUT2D eigenvalue weighted by Gasteiger charge is 2.16. The monoisotopic (exact) mass is 208 g/mol. The quantitative estimate of drug-likeness (QED) is 0.755. The van der Waals surface area contributed by atoms with Crippen molar-refractivity contribution in [3.63, 3.8) is 0 Å². The van der Waals surface area contributed by atoms with Crippen LogP contribution in [0.2, 0.25) is 5.02 Å². The van der Waals surface area contributed by atoms with Gasteiger partial charge in [-0.2, -0.15) is 0 Å². The molecule has 1 rings (SSSR count). The van der Waals surface area contributed by atoms with Gasteiger partial charge < -0.3 is 9.84 Å². The lowest BCUT2D eigenvalue weighted by Gasteiger charge is -2.09. The van der Waals surface area contributed by atoms with Crippen molar-refractivity contribution in [3.8, 4) is 5.75 Å². The molecule has 0 fully saturated rings. The van der Waals surface area contributed by atoms with E-state index in [1.807, 2.05) is 0 Å². The highest BCUT2D eigenvalue weighted by Crippen LogP contribution is 2.32. The first-order chi connectivity index (χ1) is 6.11. The van der Waals surface area contributed by atoms with Gasteiger partial charge in [-0.15, -0.1) is 0 Å². The van der Waals surface area contributed by atoms with Crippen LogP contribution in [0.15, 0.2) is 6.07 Å². The van der Waals surface area contributed by atoms with Crippen LogP contribution >= 0.6 is 11.6 Å². The summed E-state index contributed by atoms with van der Waals surface area (Å²) in [6, 6.07) is 0.847. The van der Waals surface area contributed by atoms with Crippen LogP contribution < -0.4 is 4.74 Å². The minimum Gasteiger partial charge on any atom is -0.495 e. The van der Waals surface area contributed by atoms with E-state index in [1.54, 1.807) is 0 Å². The van der Waals surface area contributed by atoms with Crippen LogP contribution in [0.25, 0.3) is 0 Å². The van der Waals surface area contributed by atoms with E-state index in [2.05, 4.69) is 0 Å². The maximum atomic E-state index is 12.8. The van der Waals surface area contributed by atoms with Crippen molar-refractivity contribution in [2.75, 3.05) is 7.11 Å². The van der Waals surface area contributed by atoms with Gasteiger partial charge in [-0.3, -0.25) is 0 Å². The summed E-state index contributed by atoms with van der Waals surface area (Å²) in [6.45, 7) is -0.458. The molecule has 0 aromatic heterocycles. The van der Waals surface area contributed by atoms with Gasteiger partial charge in [0.05, 0.1) is 13.7 Å². The molecule has 0 unspecified atom stereocenters. The van der Waals surface area contributed by atoms with E-state index < -0.39 is 23.3 Å². The normalized spacial score (nSPS) is 10.2. The maximum Gasteiger partial charge on any atom is 0.181 e. The summed E-state index contributed by atoms with van der Waals surface area (Å²) in [6.07, 6.45) is 0. The van der Waals surface area contributed by atoms with Crippen molar-refractivity contribution >= 4 is 11.6 Å². The van der Waals surface area contributed by atoms with Gasteiger partial charge in [0.1, 0.15) is 10.8 Å². The number of ether oxygens (including phenoxy) is 1. The molecular weight excluding hydrogens is 202 g/mol. The zero-order valence-corrected chi connectivity index (χ0v) is 7.53. The molecule has 0 bridgehead atoms. The molecule has 1 N–H and O–H groups in total. The summed E-state index contributed by atoms with van der Waals surface area (Å²) in [4.78, 5) is 0. The van der Waals surface area contributed by atoms with Crippen molar-refractivity contribution in [1.82, 2.24) is 0 Å². The van der Waals surface area contributed by atoms with E-state index in [9.17, 15) is 8.78 Å². The van der Waals surface area contributed by atoms with Gasteiger partial charge >= 0.3 is 0 Å². The molecule has 0 saturated heterocycles. The second-order valence-corrected chi connectivity index (χ2v) is 2.71. The molecule has 0 atom stereocenters. The fourth-order valence-electron chi connectivity index (χ4n) is 0.966. The third kappa shape index (κ3) is 1.73. The number of benzene rings is 1. The van der Waals surface area contributed by atoms with E-state index in [0.29, 0.717) is 0 Å². The number of aliphatic hydroxyl groups is 1. The lowest BCUT2D eigenvalue weighted by atomic mass is 10.2. The molecule has 2 nitrogen and oxygen atoms in total. The molecule has 5 heteroatoms. The number of hydrogen-bond acceptors (Lipinski definition) is 2. The van der Waals surface area contributed by atoms with Crippen LogP contribution in [0.5, 0.6) is 5.75 Å². The first kappa shape index (κ1) is 10.2. The van der Waals surface area contributed by atoms with Crippen LogP contribution in [-0.4, -0.2) is 12.2 Å². The minimum atomic E-state index is -1.17. The summed E-state index contributed by atoms with van der Waals surface area (Å²) in [5, 5.41) is 8.31. The Morgan fingerprint density at radius 3 is 2.62 bits per heavy atom. The second-order valence-electron chi connectivity index (χ2n) is 2.34. The fraction of sp³-hybridized carbons (Fsp3) is 0.250. The number of aliphatic hydroxyl groups excluding tert-OH is 1. The van der Waals surface area contributed by atoms with Gasteiger partial charge in [-0.25, -0.2) is 8.78 Å². The van der Waals surface area contributed by atoms with Crippen molar-refractivity contribution in [3.05, 3.63) is 28.3 Å². The predicted octanol–water partition coefficient (Wildman–Crippen LogP) is 2.12. The summed E-state index contributed by atoms with van der Waals surface area (Å²) in [5.74, 6) is -2.31. The molecule has 0 amide bonds. The van der Waals surface area contributed by atoms with Crippen LogP contribution in [0, 0.1) is 11.6 Å². The Morgan fingerprint density at radius 2 is 2.15 bits per heavy atom.